The summed E-state index contributed by atoms with van der Waals surface area (Å²) in [5.74, 6) is 1.05. The van der Waals surface area contributed by atoms with Crippen LogP contribution in [0.4, 0.5) is 0 Å². The Morgan fingerprint density at radius 2 is 1.55 bits per heavy atom. The van der Waals surface area contributed by atoms with Gasteiger partial charge in [-0.3, -0.25) is 14.4 Å². The van der Waals surface area contributed by atoms with Gasteiger partial charge in [0, 0.05) is 19.3 Å². The van der Waals surface area contributed by atoms with Crippen LogP contribution in [0.5, 0.6) is 0 Å². The van der Waals surface area contributed by atoms with Gasteiger partial charge in [0.05, 0.1) is 13.0 Å². The van der Waals surface area contributed by atoms with E-state index in [9.17, 15) is 14.4 Å². The van der Waals surface area contributed by atoms with Gasteiger partial charge in [0.1, 0.15) is 12.2 Å². The number of methoxy groups -OCH3 is 1. The molecule has 6 nitrogen and oxygen atoms in total. The molecule has 0 amide bonds. The van der Waals surface area contributed by atoms with Crippen molar-refractivity contribution in [3.63, 3.8) is 0 Å². The van der Waals surface area contributed by atoms with Crippen LogP contribution in [0.1, 0.15) is 79.1 Å². The Kier molecular flexibility index (Phi) is 5.89. The molecule has 0 radical (unpaired) electrons. The third kappa shape index (κ3) is 3.58. The van der Waals surface area contributed by atoms with Crippen LogP contribution in [0.3, 0.4) is 0 Å². The quantitative estimate of drug-likeness (QED) is 0.487. The van der Waals surface area contributed by atoms with E-state index >= 15 is 0 Å². The van der Waals surface area contributed by atoms with Crippen molar-refractivity contribution in [2.45, 2.75) is 91.3 Å². The summed E-state index contributed by atoms with van der Waals surface area (Å²) in [5, 5.41) is 0. The van der Waals surface area contributed by atoms with Gasteiger partial charge in [0.25, 0.3) is 0 Å². The summed E-state index contributed by atoms with van der Waals surface area (Å²) in [6, 6.07) is 0. The third-order valence-electron chi connectivity index (χ3n) is 9.82. The van der Waals surface area contributed by atoms with Gasteiger partial charge in [-0.1, -0.05) is 13.8 Å². The molecule has 4 saturated carbocycles. The fourth-order valence-corrected chi connectivity index (χ4v) is 8.41. The molecule has 4 aliphatic carbocycles. The van der Waals surface area contributed by atoms with Crippen LogP contribution in [-0.4, -0.2) is 37.2 Å². The van der Waals surface area contributed by atoms with Crippen molar-refractivity contribution in [1.82, 2.24) is 0 Å². The lowest BCUT2D eigenvalue weighted by atomic mass is 9.44. The molecule has 0 heterocycles. The number of carbonyl (C=O) groups is 3. The van der Waals surface area contributed by atoms with E-state index in [1.54, 1.807) is 0 Å². The van der Waals surface area contributed by atoms with Crippen LogP contribution in [0.15, 0.2) is 0 Å². The highest BCUT2D eigenvalue weighted by Gasteiger charge is 2.66. The fourth-order valence-electron chi connectivity index (χ4n) is 8.41. The van der Waals surface area contributed by atoms with E-state index in [1.165, 1.54) is 21.0 Å². The number of hydrogen-bond acceptors (Lipinski definition) is 6. The maximum absolute atomic E-state index is 12.7. The van der Waals surface area contributed by atoms with E-state index in [4.69, 9.17) is 14.2 Å². The molecule has 174 valence electrons. The monoisotopic (exact) mass is 434 g/mol. The van der Waals surface area contributed by atoms with Gasteiger partial charge in [-0.05, 0) is 80.5 Å². The first-order valence-electron chi connectivity index (χ1n) is 12.0. The van der Waals surface area contributed by atoms with E-state index in [2.05, 4.69) is 13.8 Å². The van der Waals surface area contributed by atoms with E-state index < -0.39 is 0 Å². The molecular formula is C25H38O6. The molecule has 0 saturated heterocycles. The lowest BCUT2D eigenvalue weighted by Crippen LogP contribution is -2.60. The van der Waals surface area contributed by atoms with Crippen molar-refractivity contribution in [3.8, 4) is 0 Å². The van der Waals surface area contributed by atoms with E-state index in [0.29, 0.717) is 23.7 Å². The smallest absolute Gasteiger partial charge is 0.309 e. The van der Waals surface area contributed by atoms with E-state index in [1.807, 2.05) is 0 Å². The second-order valence-electron chi connectivity index (χ2n) is 11.0. The van der Waals surface area contributed by atoms with Crippen molar-refractivity contribution in [2.75, 3.05) is 7.11 Å². The number of hydrogen-bond donors (Lipinski definition) is 0. The molecule has 0 aromatic heterocycles. The molecule has 0 aromatic rings. The highest BCUT2D eigenvalue weighted by atomic mass is 16.5. The minimum atomic E-state index is -0.363. The van der Waals surface area contributed by atoms with Gasteiger partial charge in [-0.15, -0.1) is 0 Å². The van der Waals surface area contributed by atoms with Crippen LogP contribution >= 0.6 is 0 Å². The Morgan fingerprint density at radius 1 is 0.839 bits per heavy atom. The summed E-state index contributed by atoms with van der Waals surface area (Å²) in [6.07, 6.45) is 7.54. The first kappa shape index (κ1) is 22.6. The molecule has 0 spiro atoms. The summed E-state index contributed by atoms with van der Waals surface area (Å²) in [4.78, 5) is 36.2. The zero-order valence-electron chi connectivity index (χ0n) is 19.6. The first-order chi connectivity index (χ1) is 14.6. The molecule has 0 N–H and O–H groups in total. The van der Waals surface area contributed by atoms with Crippen molar-refractivity contribution < 1.29 is 28.6 Å². The number of fused-ring (bicyclic) bond motifs is 5. The average Bonchev–Trinajstić information content (AvgIpc) is 3.06. The minimum Gasteiger partial charge on any atom is -0.469 e. The zero-order valence-corrected chi connectivity index (χ0v) is 19.6. The fraction of sp³-hybridized carbons (Fsp3) is 0.880. The molecular weight excluding hydrogens is 396 g/mol. The third-order valence-corrected chi connectivity index (χ3v) is 9.82. The van der Waals surface area contributed by atoms with Crippen LogP contribution in [0.25, 0.3) is 0 Å². The number of ether oxygens (including phenoxy) is 3. The van der Waals surface area contributed by atoms with E-state index in [-0.39, 0.29) is 46.9 Å². The predicted molar refractivity (Wildman–Crippen MR) is 114 cm³/mol. The van der Waals surface area contributed by atoms with Gasteiger partial charge in [0.15, 0.2) is 0 Å². The van der Waals surface area contributed by atoms with Crippen molar-refractivity contribution in [1.29, 1.82) is 0 Å². The predicted octanol–water partition coefficient (Wildman–Crippen LogP) is 4.29. The number of rotatable bonds is 3. The molecule has 4 rings (SSSR count). The summed E-state index contributed by atoms with van der Waals surface area (Å²) >= 11 is 0. The average molecular weight is 435 g/mol. The Labute approximate surface area is 185 Å². The lowest BCUT2D eigenvalue weighted by Gasteiger charge is -2.62. The highest BCUT2D eigenvalue weighted by Crippen LogP contribution is 2.68. The highest BCUT2D eigenvalue weighted by molar-refractivity contribution is 5.74. The molecule has 0 aromatic carbocycles. The number of carbonyl (C=O) groups excluding carboxylic acids is 3. The van der Waals surface area contributed by atoms with Crippen LogP contribution in [0, 0.1) is 40.4 Å². The van der Waals surface area contributed by atoms with Crippen LogP contribution in [-0.2, 0) is 28.6 Å². The van der Waals surface area contributed by atoms with Gasteiger partial charge in [-0.2, -0.15) is 0 Å². The van der Waals surface area contributed by atoms with Crippen LogP contribution in [0.2, 0.25) is 0 Å². The van der Waals surface area contributed by atoms with Crippen molar-refractivity contribution >= 4 is 17.9 Å². The summed E-state index contributed by atoms with van der Waals surface area (Å²) in [7, 11) is 1.46. The van der Waals surface area contributed by atoms with Gasteiger partial charge >= 0.3 is 17.9 Å². The maximum Gasteiger partial charge on any atom is 0.309 e. The molecule has 6 heteroatoms. The molecule has 0 aliphatic heterocycles. The molecule has 31 heavy (non-hydrogen) atoms. The summed E-state index contributed by atoms with van der Waals surface area (Å²) in [5.41, 5.74) is -0.208. The molecule has 4 fully saturated rings. The lowest BCUT2D eigenvalue weighted by molar-refractivity contribution is -0.199. The van der Waals surface area contributed by atoms with Crippen LogP contribution < -0.4 is 0 Å². The van der Waals surface area contributed by atoms with Gasteiger partial charge in [-0.25, -0.2) is 0 Å². The normalized spacial score (nSPS) is 46.2. The second kappa shape index (κ2) is 8.08. The van der Waals surface area contributed by atoms with E-state index in [0.717, 1.165) is 51.4 Å². The largest absolute Gasteiger partial charge is 0.469 e. The topological polar surface area (TPSA) is 78.9 Å². The van der Waals surface area contributed by atoms with Gasteiger partial charge < -0.3 is 14.2 Å². The summed E-state index contributed by atoms with van der Waals surface area (Å²) in [6.45, 7) is 7.55. The number of esters is 3. The summed E-state index contributed by atoms with van der Waals surface area (Å²) < 4.78 is 16.7. The molecule has 4 aliphatic rings. The standard InChI is InChI=1S/C25H38O6/c1-14(26)30-17-10-11-24(3)16(12-17)6-7-18-19-8-9-20(23(28)29-5)25(19,4)22(13-21(18)24)31-15(2)27/h16-22H,6-13H2,1-5H3/t16?,17-,18?,19?,20?,21?,22+,24?,25?/m1/s1. The maximum atomic E-state index is 12.7. The Hall–Kier alpha value is -1.59. The second-order valence-corrected chi connectivity index (χ2v) is 11.0. The Bertz CT molecular complexity index is 748. The van der Waals surface area contributed by atoms with Crippen molar-refractivity contribution in [3.05, 3.63) is 0 Å². The Morgan fingerprint density at radius 3 is 2.19 bits per heavy atom. The zero-order chi connectivity index (χ0) is 22.6. The molecule has 0 bridgehead atoms. The molecule has 9 atom stereocenters. The Balaban J connectivity index is 1.64. The van der Waals surface area contributed by atoms with Gasteiger partial charge in [0.2, 0.25) is 0 Å². The first-order valence-corrected chi connectivity index (χ1v) is 12.0. The SMILES string of the molecule is COC(=O)C1CCC2C3CCC4C[C@H](OC(C)=O)CCC4(C)C3C[C@H](OC(C)=O)C12C. The minimum absolute atomic E-state index is 0.0282. The molecule has 7 unspecified atom stereocenters. The van der Waals surface area contributed by atoms with Crippen molar-refractivity contribution in [2.24, 2.45) is 40.4 Å².